The molecule has 0 atom stereocenters. The SMILES string of the molecule is Cc1ccc(OS(=O)(=O)[O-])cc1.[Na+]. The summed E-state index contributed by atoms with van der Waals surface area (Å²) in [6.07, 6.45) is 0. The van der Waals surface area contributed by atoms with E-state index in [-0.39, 0.29) is 35.3 Å². The van der Waals surface area contributed by atoms with Gasteiger partial charge in [0.1, 0.15) is 5.75 Å². The van der Waals surface area contributed by atoms with Gasteiger partial charge in [-0.1, -0.05) is 17.7 Å². The molecular weight excluding hydrogens is 203 g/mol. The molecule has 1 aromatic carbocycles. The number of hydrogen-bond donors (Lipinski definition) is 0. The van der Waals surface area contributed by atoms with E-state index in [1.807, 2.05) is 6.92 Å². The van der Waals surface area contributed by atoms with Crippen LogP contribution < -0.4 is 33.7 Å². The zero-order chi connectivity index (χ0) is 9.19. The molecule has 66 valence electrons. The molecular formula is C7H7NaO4S. The maximum atomic E-state index is 10.1. The third kappa shape index (κ3) is 5.28. The Morgan fingerprint density at radius 3 is 2.08 bits per heavy atom. The topological polar surface area (TPSA) is 66.4 Å². The minimum absolute atomic E-state index is 0. The van der Waals surface area contributed by atoms with E-state index in [1.165, 1.54) is 12.1 Å². The van der Waals surface area contributed by atoms with Crippen LogP contribution in [0.2, 0.25) is 0 Å². The average molecular weight is 210 g/mol. The van der Waals surface area contributed by atoms with Gasteiger partial charge in [0.25, 0.3) is 10.4 Å². The van der Waals surface area contributed by atoms with E-state index in [4.69, 9.17) is 0 Å². The van der Waals surface area contributed by atoms with Gasteiger partial charge in [-0.05, 0) is 19.1 Å². The van der Waals surface area contributed by atoms with E-state index in [9.17, 15) is 13.0 Å². The first-order valence-corrected chi connectivity index (χ1v) is 4.53. The first kappa shape index (κ1) is 12.9. The van der Waals surface area contributed by atoms with Crippen LogP contribution in [0, 0.1) is 6.92 Å². The van der Waals surface area contributed by atoms with E-state index in [2.05, 4.69) is 4.18 Å². The number of hydrogen-bond acceptors (Lipinski definition) is 4. The van der Waals surface area contributed by atoms with Crippen LogP contribution in [0.15, 0.2) is 24.3 Å². The Kier molecular flexibility index (Phi) is 4.95. The van der Waals surface area contributed by atoms with Crippen molar-refractivity contribution in [3.63, 3.8) is 0 Å². The van der Waals surface area contributed by atoms with Crippen molar-refractivity contribution in [1.82, 2.24) is 0 Å². The van der Waals surface area contributed by atoms with Crippen LogP contribution in [0.3, 0.4) is 0 Å². The normalized spacial score (nSPS) is 10.3. The molecule has 0 unspecified atom stereocenters. The second kappa shape index (κ2) is 4.97. The summed E-state index contributed by atoms with van der Waals surface area (Å²) in [7, 11) is -4.64. The van der Waals surface area contributed by atoms with Gasteiger partial charge in [-0.15, -0.1) is 0 Å². The van der Waals surface area contributed by atoms with Gasteiger partial charge in [0.2, 0.25) is 0 Å². The second-order valence-corrected chi connectivity index (χ2v) is 3.29. The van der Waals surface area contributed by atoms with E-state index < -0.39 is 10.4 Å². The molecule has 0 aromatic heterocycles. The molecule has 1 rings (SSSR count). The first-order chi connectivity index (χ1) is 5.47. The fourth-order valence-corrected chi connectivity index (χ4v) is 1.06. The molecule has 0 spiro atoms. The molecule has 0 saturated carbocycles. The van der Waals surface area contributed by atoms with Crippen LogP contribution in [0.1, 0.15) is 5.56 Å². The van der Waals surface area contributed by atoms with Gasteiger partial charge in [0.05, 0.1) is 0 Å². The minimum atomic E-state index is -4.64. The Hall–Kier alpha value is -0.0700. The first-order valence-electron chi connectivity index (χ1n) is 3.19. The largest absolute Gasteiger partial charge is 1.00 e. The van der Waals surface area contributed by atoms with Crippen molar-refractivity contribution in [1.29, 1.82) is 0 Å². The van der Waals surface area contributed by atoms with E-state index >= 15 is 0 Å². The van der Waals surface area contributed by atoms with Gasteiger partial charge in [0.15, 0.2) is 0 Å². The maximum Gasteiger partial charge on any atom is 1.00 e. The predicted octanol–water partition coefficient (Wildman–Crippen LogP) is -2.16. The number of benzene rings is 1. The van der Waals surface area contributed by atoms with Crippen LogP contribution in [-0.2, 0) is 10.4 Å². The molecule has 0 amide bonds. The predicted molar refractivity (Wildman–Crippen MR) is 41.5 cm³/mol. The third-order valence-electron chi connectivity index (χ3n) is 1.22. The van der Waals surface area contributed by atoms with Crippen molar-refractivity contribution in [2.24, 2.45) is 0 Å². The Labute approximate surface area is 99.2 Å². The van der Waals surface area contributed by atoms with E-state index in [0.29, 0.717) is 0 Å². The van der Waals surface area contributed by atoms with Gasteiger partial charge in [-0.25, -0.2) is 8.42 Å². The van der Waals surface area contributed by atoms with Crippen LogP contribution in [-0.4, -0.2) is 13.0 Å². The Balaban J connectivity index is 0.00000144. The standard InChI is InChI=1S/C7H8O4S.Na/c1-6-2-4-7(5-3-6)11-12(8,9)10;/h2-5H,1H3,(H,8,9,10);/q;+1/p-1. The van der Waals surface area contributed by atoms with Gasteiger partial charge < -0.3 is 8.74 Å². The van der Waals surface area contributed by atoms with Gasteiger partial charge in [0, 0.05) is 0 Å². The average Bonchev–Trinajstić information content (AvgIpc) is 1.91. The summed E-state index contributed by atoms with van der Waals surface area (Å²) in [5.74, 6) is 0.0376. The summed E-state index contributed by atoms with van der Waals surface area (Å²) in [5.41, 5.74) is 0.964. The molecule has 4 nitrogen and oxygen atoms in total. The van der Waals surface area contributed by atoms with Gasteiger partial charge >= 0.3 is 29.6 Å². The molecule has 0 bridgehead atoms. The van der Waals surface area contributed by atoms with Crippen molar-refractivity contribution in [2.75, 3.05) is 0 Å². The van der Waals surface area contributed by atoms with E-state index in [0.717, 1.165) is 5.56 Å². The number of aryl methyl sites for hydroxylation is 1. The van der Waals surface area contributed by atoms with Crippen molar-refractivity contribution in [3.8, 4) is 5.75 Å². The maximum absolute atomic E-state index is 10.1. The van der Waals surface area contributed by atoms with E-state index in [1.54, 1.807) is 12.1 Å². The number of rotatable bonds is 2. The smallest absolute Gasteiger partial charge is 0.716 e. The zero-order valence-corrected chi connectivity index (χ0v) is 10.2. The van der Waals surface area contributed by atoms with Crippen molar-refractivity contribution in [3.05, 3.63) is 29.8 Å². The Morgan fingerprint density at radius 1 is 1.23 bits per heavy atom. The molecule has 0 aliphatic heterocycles. The van der Waals surface area contributed by atoms with Crippen molar-refractivity contribution in [2.45, 2.75) is 6.92 Å². The zero-order valence-electron chi connectivity index (χ0n) is 7.35. The fraction of sp³-hybridized carbons (Fsp3) is 0.143. The summed E-state index contributed by atoms with van der Waals surface area (Å²) in [4.78, 5) is 0. The molecule has 0 N–H and O–H groups in total. The molecule has 0 aliphatic carbocycles. The molecule has 6 heteroatoms. The molecule has 0 aliphatic rings. The fourth-order valence-electron chi connectivity index (χ4n) is 0.712. The molecule has 0 heterocycles. The molecule has 0 fully saturated rings. The second-order valence-electron chi connectivity index (χ2n) is 2.30. The van der Waals surface area contributed by atoms with Crippen molar-refractivity contribution < 1.29 is 46.7 Å². The quantitative estimate of drug-likeness (QED) is 0.317. The molecule has 13 heavy (non-hydrogen) atoms. The minimum Gasteiger partial charge on any atom is -0.716 e. The summed E-state index contributed by atoms with van der Waals surface area (Å²) < 4.78 is 34.4. The summed E-state index contributed by atoms with van der Waals surface area (Å²) in [5, 5.41) is 0. The monoisotopic (exact) mass is 210 g/mol. The molecule has 1 aromatic rings. The van der Waals surface area contributed by atoms with Gasteiger partial charge in [-0.2, -0.15) is 0 Å². The van der Waals surface area contributed by atoms with Crippen molar-refractivity contribution >= 4 is 10.4 Å². The Bertz CT molecular complexity index is 357. The Morgan fingerprint density at radius 2 is 1.69 bits per heavy atom. The molecule has 0 saturated heterocycles. The third-order valence-corrected chi connectivity index (χ3v) is 1.62. The van der Waals surface area contributed by atoms with Crippen LogP contribution in [0.4, 0.5) is 0 Å². The van der Waals surface area contributed by atoms with Crippen LogP contribution in [0.5, 0.6) is 5.75 Å². The molecule has 0 radical (unpaired) electrons. The van der Waals surface area contributed by atoms with Crippen LogP contribution >= 0.6 is 0 Å². The van der Waals surface area contributed by atoms with Gasteiger partial charge in [-0.3, -0.25) is 0 Å². The van der Waals surface area contributed by atoms with Crippen LogP contribution in [0.25, 0.3) is 0 Å². The summed E-state index contributed by atoms with van der Waals surface area (Å²) in [6.45, 7) is 1.84. The summed E-state index contributed by atoms with van der Waals surface area (Å²) in [6, 6.07) is 6.15. The summed E-state index contributed by atoms with van der Waals surface area (Å²) >= 11 is 0.